The lowest BCUT2D eigenvalue weighted by molar-refractivity contribution is -0.131. The van der Waals surface area contributed by atoms with E-state index in [-0.39, 0.29) is 11.5 Å². The van der Waals surface area contributed by atoms with Gasteiger partial charge in [-0.1, -0.05) is 0 Å². The maximum Gasteiger partial charge on any atom is 0.328 e. The third-order valence-corrected chi connectivity index (χ3v) is 2.96. The summed E-state index contributed by atoms with van der Waals surface area (Å²) in [7, 11) is 1.40. The van der Waals surface area contributed by atoms with Gasteiger partial charge in [-0.2, -0.15) is 0 Å². The lowest BCUT2D eigenvalue weighted by Crippen LogP contribution is -1.96. The average molecular weight is 255 g/mol. The van der Waals surface area contributed by atoms with Crippen LogP contribution in [0.5, 0.6) is 11.5 Å². The van der Waals surface area contributed by atoms with Crippen LogP contribution in [-0.2, 0) is 4.79 Å². The second kappa shape index (κ2) is 5.49. The summed E-state index contributed by atoms with van der Waals surface area (Å²) in [6.45, 7) is 0. The summed E-state index contributed by atoms with van der Waals surface area (Å²) in [6, 6.07) is 1.50. The van der Waals surface area contributed by atoms with Crippen molar-refractivity contribution in [2.75, 3.05) is 19.1 Å². The van der Waals surface area contributed by atoms with Gasteiger partial charge in [0.25, 0.3) is 0 Å². The predicted octanol–water partition coefficient (Wildman–Crippen LogP) is 1.80. The van der Waals surface area contributed by atoms with Crippen molar-refractivity contribution in [3.05, 3.63) is 17.7 Å². The summed E-state index contributed by atoms with van der Waals surface area (Å²) in [5.41, 5.74) is 6.56. The minimum atomic E-state index is -1.10. The Labute approximate surface area is 103 Å². The molecule has 92 valence electrons. The normalized spacial score (nSPS) is 10.7. The molecule has 1 aromatic rings. The van der Waals surface area contributed by atoms with Crippen molar-refractivity contribution >= 4 is 29.5 Å². The van der Waals surface area contributed by atoms with Crippen LogP contribution in [0.15, 0.2) is 17.0 Å². The van der Waals surface area contributed by atoms with Crippen molar-refractivity contribution in [3.8, 4) is 11.5 Å². The van der Waals surface area contributed by atoms with Crippen LogP contribution in [0.1, 0.15) is 5.56 Å². The van der Waals surface area contributed by atoms with Gasteiger partial charge in [0, 0.05) is 28.3 Å². The molecule has 0 atom stereocenters. The van der Waals surface area contributed by atoms with Gasteiger partial charge in [0.15, 0.2) is 11.5 Å². The number of thioether (sulfide) groups is 1. The quantitative estimate of drug-likeness (QED) is 0.329. The van der Waals surface area contributed by atoms with Crippen molar-refractivity contribution in [1.82, 2.24) is 0 Å². The Balaban J connectivity index is 3.42. The van der Waals surface area contributed by atoms with Crippen molar-refractivity contribution in [2.45, 2.75) is 4.90 Å². The maximum absolute atomic E-state index is 10.5. The number of methoxy groups -OCH3 is 1. The number of carboxylic acids is 1. The van der Waals surface area contributed by atoms with Crippen molar-refractivity contribution in [3.63, 3.8) is 0 Å². The zero-order valence-corrected chi connectivity index (χ0v) is 10.2. The van der Waals surface area contributed by atoms with Crippen molar-refractivity contribution in [2.24, 2.45) is 0 Å². The monoisotopic (exact) mass is 255 g/mol. The van der Waals surface area contributed by atoms with Crippen LogP contribution in [0.25, 0.3) is 6.08 Å². The molecule has 1 rings (SSSR count). The number of hydrogen-bond donors (Lipinski definition) is 3. The molecule has 0 amide bonds. The molecule has 0 unspecified atom stereocenters. The predicted molar refractivity (Wildman–Crippen MR) is 67.5 cm³/mol. The number of phenols is 1. The molecular weight excluding hydrogens is 242 g/mol. The van der Waals surface area contributed by atoms with Gasteiger partial charge in [-0.3, -0.25) is 0 Å². The molecule has 0 radical (unpaired) electrons. The number of anilines is 1. The summed E-state index contributed by atoms with van der Waals surface area (Å²) >= 11 is 1.32. The number of nitrogens with two attached hydrogens (primary N) is 1. The molecule has 0 bridgehead atoms. The number of benzene rings is 1. The van der Waals surface area contributed by atoms with Crippen LogP contribution < -0.4 is 10.5 Å². The van der Waals surface area contributed by atoms with Gasteiger partial charge in [-0.25, -0.2) is 4.79 Å². The molecule has 17 heavy (non-hydrogen) atoms. The second-order valence-electron chi connectivity index (χ2n) is 3.14. The molecule has 0 aliphatic carbocycles. The molecule has 0 aliphatic rings. The molecule has 0 saturated heterocycles. The zero-order chi connectivity index (χ0) is 13.0. The fourth-order valence-corrected chi connectivity index (χ4v) is 2.04. The number of carbonyl (C=O) groups is 1. The smallest absolute Gasteiger partial charge is 0.328 e. The number of aliphatic carboxylic acids is 1. The molecule has 6 heteroatoms. The highest BCUT2D eigenvalue weighted by atomic mass is 32.2. The van der Waals surface area contributed by atoms with E-state index in [4.69, 9.17) is 15.6 Å². The van der Waals surface area contributed by atoms with E-state index in [2.05, 4.69) is 0 Å². The second-order valence-corrected chi connectivity index (χ2v) is 3.95. The van der Waals surface area contributed by atoms with Gasteiger partial charge >= 0.3 is 5.97 Å². The third-order valence-electron chi connectivity index (χ3n) is 2.10. The minimum Gasteiger partial charge on any atom is -0.504 e. The fraction of sp³-hybridized carbons (Fsp3) is 0.182. The van der Waals surface area contributed by atoms with Gasteiger partial charge in [0.1, 0.15) is 0 Å². The van der Waals surface area contributed by atoms with Crippen LogP contribution in [0.4, 0.5) is 5.69 Å². The van der Waals surface area contributed by atoms with E-state index in [9.17, 15) is 9.90 Å². The minimum absolute atomic E-state index is 0.122. The number of phenolic OH excluding ortho intramolecular Hbond substituents is 1. The Morgan fingerprint density at radius 3 is 2.71 bits per heavy atom. The molecule has 1 aromatic carbocycles. The summed E-state index contributed by atoms with van der Waals surface area (Å²) in [4.78, 5) is 11.1. The number of ether oxygens (including phenoxy) is 1. The van der Waals surface area contributed by atoms with E-state index in [1.807, 2.05) is 0 Å². The highest BCUT2D eigenvalue weighted by Crippen LogP contribution is 2.41. The number of nitrogen functional groups attached to an aromatic ring is 1. The SMILES string of the molecule is COc1cc(N)c(SC)c(/C=C/C(=O)O)c1O. The zero-order valence-electron chi connectivity index (χ0n) is 9.43. The van der Waals surface area contributed by atoms with E-state index in [0.29, 0.717) is 16.1 Å². The number of aromatic hydroxyl groups is 1. The topological polar surface area (TPSA) is 92.8 Å². The molecule has 0 aliphatic heterocycles. The largest absolute Gasteiger partial charge is 0.504 e. The average Bonchev–Trinajstić information content (AvgIpc) is 2.29. The fourth-order valence-electron chi connectivity index (χ4n) is 1.36. The first kappa shape index (κ1) is 13.2. The Kier molecular flexibility index (Phi) is 4.28. The first-order valence-electron chi connectivity index (χ1n) is 4.65. The Hall–Kier alpha value is -1.82. The van der Waals surface area contributed by atoms with Gasteiger partial charge in [-0.15, -0.1) is 11.8 Å². The van der Waals surface area contributed by atoms with Gasteiger partial charge < -0.3 is 20.7 Å². The molecule has 0 spiro atoms. The molecular formula is C11H13NO4S. The lowest BCUT2D eigenvalue weighted by atomic mass is 10.1. The summed E-state index contributed by atoms with van der Waals surface area (Å²) in [6.07, 6.45) is 4.02. The number of carboxylic acid groups (broad SMARTS) is 1. The van der Waals surface area contributed by atoms with Crippen LogP contribution in [0.3, 0.4) is 0 Å². The van der Waals surface area contributed by atoms with Gasteiger partial charge in [0.2, 0.25) is 0 Å². The van der Waals surface area contributed by atoms with E-state index >= 15 is 0 Å². The lowest BCUT2D eigenvalue weighted by Gasteiger charge is -2.12. The number of hydrogen-bond acceptors (Lipinski definition) is 5. The number of rotatable bonds is 4. The maximum atomic E-state index is 10.5. The Bertz CT molecular complexity index is 471. The molecule has 0 saturated carbocycles. The van der Waals surface area contributed by atoms with Crippen LogP contribution in [0.2, 0.25) is 0 Å². The van der Waals surface area contributed by atoms with Gasteiger partial charge in [0.05, 0.1) is 7.11 Å². The molecule has 4 N–H and O–H groups in total. The van der Waals surface area contributed by atoms with Crippen molar-refractivity contribution < 1.29 is 19.7 Å². The van der Waals surface area contributed by atoms with E-state index in [1.165, 1.54) is 31.0 Å². The Morgan fingerprint density at radius 1 is 1.59 bits per heavy atom. The standard InChI is InChI=1S/C11H13NO4S/c1-16-8-5-7(12)11(17-2)6(10(8)15)3-4-9(13)14/h3-5,15H,12H2,1-2H3,(H,13,14)/b4-3+. The van der Waals surface area contributed by atoms with Crippen LogP contribution >= 0.6 is 11.8 Å². The summed E-state index contributed by atoms with van der Waals surface area (Å²) < 4.78 is 4.95. The van der Waals surface area contributed by atoms with Crippen LogP contribution in [-0.4, -0.2) is 29.5 Å². The van der Waals surface area contributed by atoms with Crippen LogP contribution in [0, 0.1) is 0 Å². The van der Waals surface area contributed by atoms with Crippen molar-refractivity contribution in [1.29, 1.82) is 0 Å². The van der Waals surface area contributed by atoms with E-state index in [0.717, 1.165) is 6.08 Å². The molecule has 0 heterocycles. The van der Waals surface area contributed by atoms with E-state index in [1.54, 1.807) is 6.26 Å². The van der Waals surface area contributed by atoms with E-state index < -0.39 is 5.97 Å². The van der Waals surface area contributed by atoms with Gasteiger partial charge in [-0.05, 0) is 12.3 Å². The highest BCUT2D eigenvalue weighted by molar-refractivity contribution is 7.98. The Morgan fingerprint density at radius 2 is 2.24 bits per heavy atom. The first-order chi connectivity index (χ1) is 8.01. The molecule has 0 fully saturated rings. The molecule has 0 aromatic heterocycles. The summed E-state index contributed by atoms with van der Waals surface area (Å²) in [5.74, 6) is -1.01. The third kappa shape index (κ3) is 2.85. The highest BCUT2D eigenvalue weighted by Gasteiger charge is 2.14. The molecule has 5 nitrogen and oxygen atoms in total. The summed E-state index contributed by atoms with van der Waals surface area (Å²) in [5, 5.41) is 18.5. The first-order valence-corrected chi connectivity index (χ1v) is 5.88.